The number of nitrogens with two attached hydrogens (primary N) is 1. The fourth-order valence-corrected chi connectivity index (χ4v) is 2.53. The van der Waals surface area contributed by atoms with Crippen molar-refractivity contribution in [3.8, 4) is 0 Å². The highest BCUT2D eigenvalue weighted by atomic mass is 16.6. The van der Waals surface area contributed by atoms with Gasteiger partial charge in [0.15, 0.2) is 0 Å². The molecule has 0 radical (unpaired) electrons. The van der Waals surface area contributed by atoms with Crippen LogP contribution in [0.25, 0.3) is 0 Å². The number of nitrogens with zero attached hydrogens (tertiary/aromatic N) is 1. The molecule has 3 nitrogen and oxygen atoms in total. The Labute approximate surface area is 97.1 Å². The van der Waals surface area contributed by atoms with Gasteiger partial charge in [-0.2, -0.15) is 0 Å². The maximum atomic E-state index is 5.19. The van der Waals surface area contributed by atoms with Gasteiger partial charge in [-0.25, -0.2) is 5.90 Å². The minimum absolute atomic E-state index is 0.442. The summed E-state index contributed by atoms with van der Waals surface area (Å²) in [7, 11) is 0. The van der Waals surface area contributed by atoms with E-state index in [0.717, 1.165) is 13.0 Å². The second-order valence-electron chi connectivity index (χ2n) is 4.31. The normalized spacial score (nSPS) is 20.4. The lowest BCUT2D eigenvalue weighted by Gasteiger charge is -2.28. The van der Waals surface area contributed by atoms with Gasteiger partial charge >= 0.3 is 0 Å². The van der Waals surface area contributed by atoms with E-state index in [1.807, 2.05) is 0 Å². The lowest BCUT2D eigenvalue weighted by molar-refractivity contribution is 0.124. The number of rotatable bonds is 4. The van der Waals surface area contributed by atoms with Crippen molar-refractivity contribution < 1.29 is 4.84 Å². The van der Waals surface area contributed by atoms with Gasteiger partial charge in [0.1, 0.15) is 0 Å². The Balaban J connectivity index is 2.21. The van der Waals surface area contributed by atoms with Crippen LogP contribution in [0.2, 0.25) is 0 Å². The highest BCUT2D eigenvalue weighted by Gasteiger charge is 2.25. The zero-order chi connectivity index (χ0) is 11.4. The molecule has 1 saturated heterocycles. The van der Waals surface area contributed by atoms with E-state index in [-0.39, 0.29) is 0 Å². The van der Waals surface area contributed by atoms with Gasteiger partial charge in [-0.3, -0.25) is 0 Å². The van der Waals surface area contributed by atoms with E-state index < -0.39 is 0 Å². The summed E-state index contributed by atoms with van der Waals surface area (Å²) >= 11 is 0. The second kappa shape index (κ2) is 5.32. The summed E-state index contributed by atoms with van der Waals surface area (Å²) in [6.07, 6.45) is 3.48. The van der Waals surface area contributed by atoms with Crippen molar-refractivity contribution >= 4 is 5.69 Å². The predicted octanol–water partition coefficient (Wildman–Crippen LogP) is 2.11. The largest absolute Gasteiger partial charge is 0.366 e. The first-order valence-corrected chi connectivity index (χ1v) is 6.03. The topological polar surface area (TPSA) is 38.5 Å². The first-order chi connectivity index (χ1) is 7.86. The number of aryl methyl sites for hydroxylation is 1. The van der Waals surface area contributed by atoms with Gasteiger partial charge in [-0.1, -0.05) is 25.1 Å². The second-order valence-corrected chi connectivity index (χ2v) is 4.31. The van der Waals surface area contributed by atoms with Gasteiger partial charge in [-0.15, -0.1) is 0 Å². The highest BCUT2D eigenvalue weighted by Crippen LogP contribution is 2.28. The molecule has 16 heavy (non-hydrogen) atoms. The summed E-state index contributed by atoms with van der Waals surface area (Å²) in [5.41, 5.74) is 2.76. The van der Waals surface area contributed by atoms with Crippen molar-refractivity contribution in [2.24, 2.45) is 5.90 Å². The molecule has 2 N–H and O–H groups in total. The zero-order valence-electron chi connectivity index (χ0n) is 9.86. The van der Waals surface area contributed by atoms with Crippen LogP contribution in [0.5, 0.6) is 0 Å². The van der Waals surface area contributed by atoms with Crippen LogP contribution >= 0.6 is 0 Å². The van der Waals surface area contributed by atoms with Crippen molar-refractivity contribution in [3.63, 3.8) is 0 Å². The molecule has 0 aliphatic carbocycles. The predicted molar refractivity (Wildman–Crippen MR) is 66.3 cm³/mol. The Kier molecular flexibility index (Phi) is 3.80. The Morgan fingerprint density at radius 3 is 3.00 bits per heavy atom. The molecule has 0 aromatic heterocycles. The molecule has 0 saturated carbocycles. The summed E-state index contributed by atoms with van der Waals surface area (Å²) in [6.45, 7) is 3.94. The third-order valence-corrected chi connectivity index (χ3v) is 3.35. The maximum Gasteiger partial charge on any atom is 0.0882 e. The molecule has 0 amide bonds. The average Bonchev–Trinajstić information content (AvgIpc) is 2.77. The van der Waals surface area contributed by atoms with Gasteiger partial charge in [0.05, 0.1) is 12.6 Å². The van der Waals surface area contributed by atoms with Crippen LogP contribution in [0.15, 0.2) is 24.3 Å². The minimum Gasteiger partial charge on any atom is -0.366 e. The molecule has 1 aliphatic heterocycles. The van der Waals surface area contributed by atoms with E-state index in [9.17, 15) is 0 Å². The number of anilines is 1. The highest BCUT2D eigenvalue weighted by molar-refractivity contribution is 5.55. The SMILES string of the molecule is CCc1ccccc1N1CCCC1CON. The summed E-state index contributed by atoms with van der Waals surface area (Å²) in [5, 5.41) is 0. The molecule has 2 rings (SSSR count). The summed E-state index contributed by atoms with van der Waals surface area (Å²) in [5.74, 6) is 5.19. The van der Waals surface area contributed by atoms with Crippen LogP contribution in [0.3, 0.4) is 0 Å². The quantitative estimate of drug-likeness (QED) is 0.790. The van der Waals surface area contributed by atoms with Gasteiger partial charge in [-0.05, 0) is 30.9 Å². The average molecular weight is 220 g/mol. The fraction of sp³-hybridized carbons (Fsp3) is 0.538. The van der Waals surface area contributed by atoms with E-state index in [4.69, 9.17) is 10.7 Å². The molecule has 3 heteroatoms. The van der Waals surface area contributed by atoms with Crippen LogP contribution in [-0.2, 0) is 11.3 Å². The Hall–Kier alpha value is -1.06. The maximum absolute atomic E-state index is 5.19. The molecular formula is C13H20N2O. The Bertz CT molecular complexity index is 340. The van der Waals surface area contributed by atoms with Crippen molar-refractivity contribution in [3.05, 3.63) is 29.8 Å². The molecule has 1 unspecified atom stereocenters. The molecule has 1 aromatic carbocycles. The van der Waals surface area contributed by atoms with E-state index in [2.05, 4.69) is 36.1 Å². The summed E-state index contributed by atoms with van der Waals surface area (Å²) in [4.78, 5) is 7.25. The molecule has 1 atom stereocenters. The number of benzene rings is 1. The van der Waals surface area contributed by atoms with Crippen molar-refractivity contribution in [1.29, 1.82) is 0 Å². The molecule has 1 aromatic rings. The molecular weight excluding hydrogens is 200 g/mol. The van der Waals surface area contributed by atoms with Gasteiger partial charge in [0, 0.05) is 12.2 Å². The monoisotopic (exact) mass is 220 g/mol. The van der Waals surface area contributed by atoms with E-state index in [1.165, 1.54) is 24.1 Å². The molecule has 0 bridgehead atoms. The number of hydrogen-bond acceptors (Lipinski definition) is 3. The molecule has 1 fully saturated rings. The van der Waals surface area contributed by atoms with Crippen LogP contribution < -0.4 is 10.8 Å². The molecule has 0 spiro atoms. The third-order valence-electron chi connectivity index (χ3n) is 3.35. The fourth-order valence-electron chi connectivity index (χ4n) is 2.53. The molecule has 1 aliphatic rings. The van der Waals surface area contributed by atoms with Crippen molar-refractivity contribution in [2.45, 2.75) is 32.2 Å². The van der Waals surface area contributed by atoms with Crippen LogP contribution in [0.4, 0.5) is 5.69 Å². The van der Waals surface area contributed by atoms with E-state index in [1.54, 1.807) is 0 Å². The van der Waals surface area contributed by atoms with Gasteiger partial charge in [0.2, 0.25) is 0 Å². The number of hydrogen-bond donors (Lipinski definition) is 1. The van der Waals surface area contributed by atoms with Crippen molar-refractivity contribution in [2.75, 3.05) is 18.1 Å². The first-order valence-electron chi connectivity index (χ1n) is 6.03. The zero-order valence-corrected chi connectivity index (χ0v) is 9.86. The van der Waals surface area contributed by atoms with E-state index >= 15 is 0 Å². The molecule has 1 heterocycles. The van der Waals surface area contributed by atoms with Gasteiger partial charge < -0.3 is 9.74 Å². The van der Waals surface area contributed by atoms with Crippen molar-refractivity contribution in [1.82, 2.24) is 0 Å². The van der Waals surface area contributed by atoms with E-state index in [0.29, 0.717) is 12.6 Å². The van der Waals surface area contributed by atoms with Crippen LogP contribution in [0, 0.1) is 0 Å². The third kappa shape index (κ3) is 2.20. The van der Waals surface area contributed by atoms with Crippen LogP contribution in [0.1, 0.15) is 25.3 Å². The lowest BCUT2D eigenvalue weighted by atomic mass is 10.1. The van der Waals surface area contributed by atoms with Crippen LogP contribution in [-0.4, -0.2) is 19.2 Å². The Morgan fingerprint density at radius 1 is 1.44 bits per heavy atom. The smallest absolute Gasteiger partial charge is 0.0882 e. The summed E-state index contributed by atoms with van der Waals surface area (Å²) < 4.78 is 0. The minimum atomic E-state index is 0.442. The molecule has 88 valence electrons. The number of para-hydroxylation sites is 1. The Morgan fingerprint density at radius 2 is 2.25 bits per heavy atom. The lowest BCUT2D eigenvalue weighted by Crippen LogP contribution is -2.34. The van der Waals surface area contributed by atoms with Gasteiger partial charge in [0.25, 0.3) is 0 Å². The standard InChI is InChI=1S/C13H20N2O/c1-2-11-6-3-4-8-13(11)15-9-5-7-12(15)10-16-14/h3-4,6,8,12H,2,5,7,9-10,14H2,1H3. The first kappa shape index (κ1) is 11.4. The summed E-state index contributed by atoms with van der Waals surface area (Å²) in [6, 6.07) is 9.06.